The number of carbonyl (C=O) groups is 1. The number of nitrogens with one attached hydrogen (secondary N) is 1. The fourth-order valence-corrected chi connectivity index (χ4v) is 2.66. The molecule has 0 radical (unpaired) electrons. The number of ether oxygens (including phenoxy) is 1. The van der Waals surface area contributed by atoms with Crippen LogP contribution in [0, 0.1) is 18.7 Å². The van der Waals surface area contributed by atoms with Gasteiger partial charge in [0.15, 0.2) is 0 Å². The smallest absolute Gasteiger partial charge is 0.309 e. The van der Waals surface area contributed by atoms with Crippen molar-refractivity contribution in [3.63, 3.8) is 0 Å². The largest absolute Gasteiger partial charge is 0.466 e. The monoisotopic (exact) mass is 265 g/mol. The normalized spacial score (nSPS) is 23.1. The second-order valence-electron chi connectivity index (χ2n) is 4.98. The Morgan fingerprint density at radius 3 is 3.00 bits per heavy atom. The molecule has 1 aliphatic heterocycles. The second-order valence-corrected chi connectivity index (χ2v) is 4.98. The third-order valence-corrected chi connectivity index (χ3v) is 3.63. The summed E-state index contributed by atoms with van der Waals surface area (Å²) in [6.45, 7) is 4.92. The Balaban J connectivity index is 2.10. The Kier molecular flexibility index (Phi) is 4.53. The number of carbonyl (C=O) groups excluding carboxylic acids is 1. The van der Waals surface area contributed by atoms with E-state index in [1.165, 1.54) is 12.1 Å². The highest BCUT2D eigenvalue weighted by Crippen LogP contribution is 2.30. The molecule has 0 unspecified atom stereocenters. The number of hydrogen-bond acceptors (Lipinski definition) is 3. The quantitative estimate of drug-likeness (QED) is 0.854. The van der Waals surface area contributed by atoms with E-state index in [0.717, 1.165) is 24.1 Å². The van der Waals surface area contributed by atoms with Gasteiger partial charge in [0.2, 0.25) is 0 Å². The molecule has 2 rings (SSSR count). The molecule has 1 N–H and O–H groups in total. The molecular weight excluding hydrogens is 245 g/mol. The van der Waals surface area contributed by atoms with E-state index in [4.69, 9.17) is 4.74 Å². The fraction of sp³-hybridized carbons (Fsp3) is 0.533. The Bertz CT molecular complexity index is 461. The van der Waals surface area contributed by atoms with Crippen LogP contribution in [-0.4, -0.2) is 19.1 Å². The fourth-order valence-electron chi connectivity index (χ4n) is 2.66. The van der Waals surface area contributed by atoms with Gasteiger partial charge in [-0.25, -0.2) is 4.39 Å². The molecule has 0 amide bonds. The summed E-state index contributed by atoms with van der Waals surface area (Å²) < 4.78 is 18.2. The molecule has 1 aromatic carbocycles. The molecule has 104 valence electrons. The van der Waals surface area contributed by atoms with Crippen molar-refractivity contribution in [2.75, 3.05) is 13.2 Å². The van der Waals surface area contributed by atoms with Crippen LogP contribution in [0.25, 0.3) is 0 Å². The Labute approximate surface area is 113 Å². The minimum absolute atomic E-state index is 0.0596. The standard InChI is InChI=1S/C15H20FNO2/c1-3-19-15(18)11-6-7-17-14(9-11)13-5-4-12(16)8-10(13)2/h4-5,8,11,14,17H,3,6-7,9H2,1-2H3/t11-,14+/m0/s1. The highest BCUT2D eigenvalue weighted by molar-refractivity contribution is 5.72. The van der Waals surface area contributed by atoms with Crippen molar-refractivity contribution in [3.05, 3.63) is 35.1 Å². The number of rotatable bonds is 3. The average molecular weight is 265 g/mol. The molecule has 0 spiro atoms. The number of hydrogen-bond donors (Lipinski definition) is 1. The van der Waals surface area contributed by atoms with Crippen molar-refractivity contribution in [3.8, 4) is 0 Å². The van der Waals surface area contributed by atoms with E-state index < -0.39 is 0 Å². The maximum Gasteiger partial charge on any atom is 0.309 e. The van der Waals surface area contributed by atoms with Crippen molar-refractivity contribution in [1.82, 2.24) is 5.32 Å². The lowest BCUT2D eigenvalue weighted by Crippen LogP contribution is -2.36. The molecule has 19 heavy (non-hydrogen) atoms. The van der Waals surface area contributed by atoms with E-state index in [-0.39, 0.29) is 23.7 Å². The molecule has 4 heteroatoms. The van der Waals surface area contributed by atoms with Crippen LogP contribution in [0.1, 0.15) is 36.9 Å². The van der Waals surface area contributed by atoms with E-state index in [1.807, 2.05) is 13.8 Å². The first-order valence-electron chi connectivity index (χ1n) is 6.78. The summed E-state index contributed by atoms with van der Waals surface area (Å²) in [5.41, 5.74) is 1.98. The topological polar surface area (TPSA) is 38.3 Å². The van der Waals surface area contributed by atoms with Gasteiger partial charge in [0.25, 0.3) is 0 Å². The van der Waals surface area contributed by atoms with Gasteiger partial charge < -0.3 is 10.1 Å². The molecule has 1 heterocycles. The van der Waals surface area contributed by atoms with Crippen LogP contribution in [0.3, 0.4) is 0 Å². The number of halogens is 1. The molecule has 1 fully saturated rings. The lowest BCUT2D eigenvalue weighted by Gasteiger charge is -2.30. The Morgan fingerprint density at radius 2 is 2.32 bits per heavy atom. The van der Waals surface area contributed by atoms with Gasteiger partial charge in [0.05, 0.1) is 12.5 Å². The number of piperidine rings is 1. The molecular formula is C15H20FNO2. The molecule has 0 aromatic heterocycles. The third kappa shape index (κ3) is 3.32. The van der Waals surface area contributed by atoms with Gasteiger partial charge in [-0.3, -0.25) is 4.79 Å². The molecule has 0 aliphatic carbocycles. The van der Waals surface area contributed by atoms with Gasteiger partial charge in [-0.15, -0.1) is 0 Å². The zero-order valence-electron chi connectivity index (χ0n) is 11.4. The van der Waals surface area contributed by atoms with E-state index in [0.29, 0.717) is 13.0 Å². The maximum atomic E-state index is 13.1. The molecule has 3 nitrogen and oxygen atoms in total. The van der Waals surface area contributed by atoms with Crippen molar-refractivity contribution in [1.29, 1.82) is 0 Å². The van der Waals surface area contributed by atoms with Crippen molar-refractivity contribution in [2.45, 2.75) is 32.7 Å². The van der Waals surface area contributed by atoms with Gasteiger partial charge >= 0.3 is 5.97 Å². The second kappa shape index (κ2) is 6.15. The molecule has 1 aromatic rings. The van der Waals surface area contributed by atoms with Crippen molar-refractivity contribution < 1.29 is 13.9 Å². The lowest BCUT2D eigenvalue weighted by molar-refractivity contribution is -0.149. The van der Waals surface area contributed by atoms with E-state index in [9.17, 15) is 9.18 Å². The minimum Gasteiger partial charge on any atom is -0.466 e. The first kappa shape index (κ1) is 14.0. The SMILES string of the molecule is CCOC(=O)[C@H]1CCN[C@@H](c2ccc(F)cc2C)C1. The molecule has 1 aliphatic rings. The van der Waals surface area contributed by atoms with Crippen LogP contribution in [0.2, 0.25) is 0 Å². The number of esters is 1. The van der Waals surface area contributed by atoms with Crippen molar-refractivity contribution >= 4 is 5.97 Å². The predicted molar refractivity (Wildman–Crippen MR) is 71.2 cm³/mol. The first-order chi connectivity index (χ1) is 9.11. The number of benzene rings is 1. The van der Waals surface area contributed by atoms with Gasteiger partial charge in [-0.1, -0.05) is 6.07 Å². The van der Waals surface area contributed by atoms with Crippen LogP contribution in [-0.2, 0) is 9.53 Å². The Hall–Kier alpha value is -1.42. The predicted octanol–water partition coefficient (Wildman–Crippen LogP) is 2.74. The summed E-state index contributed by atoms with van der Waals surface area (Å²) in [5, 5.41) is 3.39. The average Bonchev–Trinajstić information content (AvgIpc) is 2.39. The van der Waals surface area contributed by atoms with Crippen LogP contribution in [0.5, 0.6) is 0 Å². The summed E-state index contributed by atoms with van der Waals surface area (Å²) in [6, 6.07) is 4.91. The van der Waals surface area contributed by atoms with Crippen LogP contribution < -0.4 is 5.32 Å². The van der Waals surface area contributed by atoms with E-state index in [1.54, 1.807) is 6.07 Å². The number of aryl methyl sites for hydroxylation is 1. The zero-order chi connectivity index (χ0) is 13.8. The van der Waals surface area contributed by atoms with Gasteiger partial charge in [-0.05, 0) is 56.5 Å². The van der Waals surface area contributed by atoms with Gasteiger partial charge in [-0.2, -0.15) is 0 Å². The molecule has 0 bridgehead atoms. The summed E-state index contributed by atoms with van der Waals surface area (Å²) >= 11 is 0. The zero-order valence-corrected chi connectivity index (χ0v) is 11.4. The Morgan fingerprint density at radius 1 is 1.53 bits per heavy atom. The van der Waals surface area contributed by atoms with E-state index in [2.05, 4.69) is 5.32 Å². The van der Waals surface area contributed by atoms with Crippen molar-refractivity contribution in [2.24, 2.45) is 5.92 Å². The summed E-state index contributed by atoms with van der Waals surface area (Å²) in [5.74, 6) is -0.400. The first-order valence-corrected chi connectivity index (χ1v) is 6.78. The van der Waals surface area contributed by atoms with Crippen LogP contribution in [0.15, 0.2) is 18.2 Å². The lowest BCUT2D eigenvalue weighted by atomic mass is 9.87. The summed E-state index contributed by atoms with van der Waals surface area (Å²) in [6.07, 6.45) is 1.51. The maximum absolute atomic E-state index is 13.1. The van der Waals surface area contributed by atoms with E-state index >= 15 is 0 Å². The summed E-state index contributed by atoms with van der Waals surface area (Å²) in [4.78, 5) is 11.8. The highest BCUT2D eigenvalue weighted by atomic mass is 19.1. The highest BCUT2D eigenvalue weighted by Gasteiger charge is 2.29. The molecule has 1 saturated heterocycles. The van der Waals surface area contributed by atoms with Crippen LogP contribution in [0.4, 0.5) is 4.39 Å². The van der Waals surface area contributed by atoms with Gasteiger partial charge in [0, 0.05) is 6.04 Å². The molecule has 0 saturated carbocycles. The third-order valence-electron chi connectivity index (χ3n) is 3.63. The summed E-state index contributed by atoms with van der Waals surface area (Å²) in [7, 11) is 0. The minimum atomic E-state index is -0.223. The molecule has 2 atom stereocenters. The van der Waals surface area contributed by atoms with Crippen LogP contribution >= 0.6 is 0 Å². The van der Waals surface area contributed by atoms with Gasteiger partial charge in [0.1, 0.15) is 5.82 Å².